The Kier molecular flexibility index (Phi) is 4.25. The molecule has 1 aromatic rings. The normalized spacial score (nSPS) is 13.6. The van der Waals surface area contributed by atoms with Crippen LogP contribution in [0.2, 0.25) is 0 Å². The lowest BCUT2D eigenvalue weighted by Gasteiger charge is -1.97. The fraction of sp³-hybridized carbons (Fsp3) is 0.182. The molecule has 0 unspecified atom stereocenters. The maximum Gasteiger partial charge on any atom is 0.339 e. The molecule has 1 fully saturated rings. The number of carbonyl (C=O) groups is 3. The topological polar surface area (TPSA) is 124 Å². The molecule has 1 saturated heterocycles. The van der Waals surface area contributed by atoms with Crippen LogP contribution in [-0.2, 0) is 9.59 Å². The van der Waals surface area contributed by atoms with Crippen LogP contribution in [0.1, 0.15) is 23.2 Å². The lowest BCUT2D eigenvalue weighted by molar-refractivity contribution is -0.124. The highest BCUT2D eigenvalue weighted by molar-refractivity contribution is 6.01. The molecule has 18 heavy (non-hydrogen) atoms. The number of phenolic OH excluding ortho intramolecular Hbond substituents is 1. The first kappa shape index (κ1) is 13.5. The molecule has 1 aromatic carbocycles. The zero-order valence-electron chi connectivity index (χ0n) is 9.21. The minimum atomic E-state index is -1.22. The maximum atomic E-state index is 10.3. The number of aromatic hydroxyl groups is 2. The molecule has 7 nitrogen and oxygen atoms in total. The number of aromatic carboxylic acids is 1. The van der Waals surface area contributed by atoms with Crippen molar-refractivity contribution in [1.29, 1.82) is 0 Å². The zero-order valence-corrected chi connectivity index (χ0v) is 9.21. The zero-order chi connectivity index (χ0) is 13.7. The Hall–Kier alpha value is -2.57. The van der Waals surface area contributed by atoms with Gasteiger partial charge in [0.05, 0.1) is 0 Å². The fourth-order valence-electron chi connectivity index (χ4n) is 1.21. The van der Waals surface area contributed by atoms with Crippen molar-refractivity contribution >= 4 is 17.8 Å². The number of rotatable bonds is 1. The Morgan fingerprint density at radius 3 is 2.00 bits per heavy atom. The van der Waals surface area contributed by atoms with Crippen molar-refractivity contribution < 1.29 is 29.7 Å². The Labute approximate surface area is 102 Å². The number of carboxylic acids is 1. The van der Waals surface area contributed by atoms with E-state index in [2.05, 4.69) is 5.32 Å². The molecule has 0 aromatic heterocycles. The maximum absolute atomic E-state index is 10.3. The highest BCUT2D eigenvalue weighted by Gasteiger charge is 2.15. The second-order valence-corrected chi connectivity index (χ2v) is 3.48. The molecular weight excluding hydrogens is 242 g/mol. The van der Waals surface area contributed by atoms with Crippen LogP contribution in [-0.4, -0.2) is 33.1 Å². The molecule has 1 aliphatic rings. The summed E-state index contributed by atoms with van der Waals surface area (Å²) in [5.41, 5.74) is -0.220. The molecular formula is C11H11NO6. The van der Waals surface area contributed by atoms with Gasteiger partial charge in [0.25, 0.3) is 0 Å². The average Bonchev–Trinajstić information content (AvgIpc) is 2.62. The number of nitrogens with one attached hydrogen (secondary N) is 1. The predicted molar refractivity (Wildman–Crippen MR) is 59.1 cm³/mol. The van der Waals surface area contributed by atoms with Gasteiger partial charge in [0.1, 0.15) is 17.1 Å². The van der Waals surface area contributed by atoms with Crippen molar-refractivity contribution in [2.75, 3.05) is 0 Å². The third-order valence-electron chi connectivity index (χ3n) is 2.07. The fourth-order valence-corrected chi connectivity index (χ4v) is 1.21. The monoisotopic (exact) mass is 253 g/mol. The minimum Gasteiger partial charge on any atom is -0.508 e. The first-order chi connectivity index (χ1) is 8.40. The lowest BCUT2D eigenvalue weighted by Crippen LogP contribution is -2.18. The van der Waals surface area contributed by atoms with Crippen LogP contribution in [0.15, 0.2) is 18.2 Å². The van der Waals surface area contributed by atoms with Crippen molar-refractivity contribution in [3.63, 3.8) is 0 Å². The van der Waals surface area contributed by atoms with E-state index in [4.69, 9.17) is 15.3 Å². The number of hydrogen-bond donors (Lipinski definition) is 4. The summed E-state index contributed by atoms with van der Waals surface area (Å²) in [5.74, 6) is -2.11. The van der Waals surface area contributed by atoms with E-state index in [-0.39, 0.29) is 23.1 Å². The summed E-state index contributed by atoms with van der Waals surface area (Å²) in [4.78, 5) is 30.5. The number of carboxylic acid groups (broad SMARTS) is 1. The largest absolute Gasteiger partial charge is 0.508 e. The molecule has 4 N–H and O–H groups in total. The number of carbonyl (C=O) groups excluding carboxylic acids is 2. The molecule has 0 atom stereocenters. The third-order valence-corrected chi connectivity index (χ3v) is 2.07. The second-order valence-electron chi connectivity index (χ2n) is 3.48. The molecule has 0 bridgehead atoms. The summed E-state index contributed by atoms with van der Waals surface area (Å²) in [7, 11) is 0. The van der Waals surface area contributed by atoms with Gasteiger partial charge in [0.2, 0.25) is 11.8 Å². The molecule has 0 spiro atoms. The first-order valence-corrected chi connectivity index (χ1v) is 4.98. The van der Waals surface area contributed by atoms with Gasteiger partial charge in [-0.1, -0.05) is 0 Å². The summed E-state index contributed by atoms with van der Waals surface area (Å²) in [5, 5.41) is 28.2. The smallest absolute Gasteiger partial charge is 0.339 e. The summed E-state index contributed by atoms with van der Waals surface area (Å²) in [6.45, 7) is 0. The van der Waals surface area contributed by atoms with Crippen LogP contribution in [0.4, 0.5) is 0 Å². The van der Waals surface area contributed by atoms with Gasteiger partial charge in [-0.15, -0.1) is 0 Å². The van der Waals surface area contributed by atoms with Gasteiger partial charge >= 0.3 is 5.97 Å². The molecule has 0 saturated carbocycles. The molecule has 7 heteroatoms. The highest BCUT2D eigenvalue weighted by Crippen LogP contribution is 2.21. The van der Waals surface area contributed by atoms with Gasteiger partial charge in [0, 0.05) is 18.9 Å². The lowest BCUT2D eigenvalue weighted by atomic mass is 10.2. The molecule has 0 aliphatic carbocycles. The third kappa shape index (κ3) is 3.78. The van der Waals surface area contributed by atoms with Crippen LogP contribution < -0.4 is 5.32 Å². The van der Waals surface area contributed by atoms with E-state index >= 15 is 0 Å². The summed E-state index contributed by atoms with van der Waals surface area (Å²) >= 11 is 0. The Morgan fingerprint density at radius 1 is 1.11 bits per heavy atom. The number of imide groups is 1. The average molecular weight is 253 g/mol. The van der Waals surface area contributed by atoms with E-state index in [1.807, 2.05) is 0 Å². The van der Waals surface area contributed by atoms with Gasteiger partial charge in [-0.3, -0.25) is 14.9 Å². The molecule has 2 amide bonds. The van der Waals surface area contributed by atoms with Crippen LogP contribution in [0, 0.1) is 0 Å². The van der Waals surface area contributed by atoms with Gasteiger partial charge in [-0.05, 0) is 12.1 Å². The molecule has 2 rings (SSSR count). The summed E-state index contributed by atoms with van der Waals surface area (Å²) < 4.78 is 0. The summed E-state index contributed by atoms with van der Waals surface area (Å²) in [6, 6.07) is 3.31. The minimum absolute atomic E-state index is 0.148. The van der Waals surface area contributed by atoms with Crippen LogP contribution in [0.3, 0.4) is 0 Å². The number of benzene rings is 1. The van der Waals surface area contributed by atoms with E-state index in [1.165, 1.54) is 6.07 Å². The van der Waals surface area contributed by atoms with E-state index in [0.29, 0.717) is 12.8 Å². The molecule has 0 radical (unpaired) electrons. The van der Waals surface area contributed by atoms with E-state index in [1.54, 1.807) is 0 Å². The van der Waals surface area contributed by atoms with Gasteiger partial charge in [0.15, 0.2) is 0 Å². The first-order valence-electron chi connectivity index (χ1n) is 4.98. The van der Waals surface area contributed by atoms with Gasteiger partial charge in [-0.25, -0.2) is 4.79 Å². The van der Waals surface area contributed by atoms with E-state index < -0.39 is 11.7 Å². The standard InChI is InChI=1S/C7H6O4.C4H5NO2/c8-4-1-2-5(7(10)11)6(9)3-4;6-3-1-2-4(7)5-3/h1-3,8-9H,(H,10,11);1-2H2,(H,5,6,7). The Morgan fingerprint density at radius 2 is 1.67 bits per heavy atom. The number of amides is 2. The molecule has 96 valence electrons. The van der Waals surface area contributed by atoms with Crippen molar-refractivity contribution in [1.82, 2.24) is 5.32 Å². The van der Waals surface area contributed by atoms with Crippen molar-refractivity contribution in [2.45, 2.75) is 12.8 Å². The van der Waals surface area contributed by atoms with Crippen molar-refractivity contribution in [3.05, 3.63) is 23.8 Å². The highest BCUT2D eigenvalue weighted by atomic mass is 16.4. The molecule has 1 heterocycles. The van der Waals surface area contributed by atoms with Crippen LogP contribution >= 0.6 is 0 Å². The van der Waals surface area contributed by atoms with Gasteiger partial charge in [-0.2, -0.15) is 0 Å². The SMILES string of the molecule is O=C(O)c1ccc(O)cc1O.O=C1CCC(=O)N1. The molecule has 1 aliphatic heterocycles. The van der Waals surface area contributed by atoms with E-state index in [9.17, 15) is 14.4 Å². The quantitative estimate of drug-likeness (QED) is 0.531. The van der Waals surface area contributed by atoms with Crippen molar-refractivity contribution in [2.24, 2.45) is 0 Å². The Balaban J connectivity index is 0.000000199. The number of phenols is 2. The second kappa shape index (κ2) is 5.67. The number of hydrogen-bond acceptors (Lipinski definition) is 5. The van der Waals surface area contributed by atoms with Crippen LogP contribution in [0.25, 0.3) is 0 Å². The van der Waals surface area contributed by atoms with Crippen LogP contribution in [0.5, 0.6) is 11.5 Å². The van der Waals surface area contributed by atoms with E-state index in [0.717, 1.165) is 12.1 Å². The van der Waals surface area contributed by atoms with Gasteiger partial charge < -0.3 is 15.3 Å². The predicted octanol–water partition coefficient (Wildman–Crippen LogP) is 0.219. The Bertz CT molecular complexity index is 482. The summed E-state index contributed by atoms with van der Waals surface area (Å²) in [6.07, 6.45) is 0.748. The van der Waals surface area contributed by atoms with Crippen molar-refractivity contribution in [3.8, 4) is 11.5 Å².